The average Bonchev–Trinajstić information content (AvgIpc) is 2.73. The van der Waals surface area contributed by atoms with Crippen molar-refractivity contribution in [3.8, 4) is 0 Å². The molecule has 0 fully saturated rings. The second-order valence-corrected chi connectivity index (χ2v) is 6.32. The number of hydrogen-bond donors (Lipinski definition) is 0. The summed E-state index contributed by atoms with van der Waals surface area (Å²) in [5.41, 5.74) is 1.40. The van der Waals surface area contributed by atoms with E-state index in [4.69, 9.17) is 4.74 Å². The minimum absolute atomic E-state index is 0.0594. The predicted octanol–water partition coefficient (Wildman–Crippen LogP) is 4.38. The largest absolute Gasteiger partial charge is 0.481 e. The summed E-state index contributed by atoms with van der Waals surface area (Å²) < 4.78 is 5.29. The minimum Gasteiger partial charge on any atom is -0.481 e. The number of allylic oxidation sites excluding steroid dienone is 2. The van der Waals surface area contributed by atoms with Crippen LogP contribution in [0.2, 0.25) is 0 Å². The van der Waals surface area contributed by atoms with Gasteiger partial charge in [-0.15, -0.1) is 11.3 Å². The zero-order chi connectivity index (χ0) is 13.2. The van der Waals surface area contributed by atoms with Gasteiger partial charge in [0.15, 0.2) is 0 Å². The number of thiophene rings is 1. The number of hydrogen-bond acceptors (Lipinski definition) is 3. The van der Waals surface area contributed by atoms with E-state index in [1.54, 1.807) is 18.4 Å². The molecule has 1 aromatic rings. The van der Waals surface area contributed by atoms with Crippen LogP contribution < -0.4 is 0 Å². The third kappa shape index (κ3) is 2.91. The molecule has 18 heavy (non-hydrogen) atoms. The van der Waals surface area contributed by atoms with Crippen LogP contribution in [-0.2, 0) is 4.74 Å². The Kier molecular flexibility index (Phi) is 3.71. The lowest BCUT2D eigenvalue weighted by Gasteiger charge is -2.20. The topological polar surface area (TPSA) is 21.6 Å². The quantitative estimate of drug-likeness (QED) is 0.735. The molecule has 2 nitrogen and oxygen atoms in total. The van der Waals surface area contributed by atoms with E-state index in [1.807, 2.05) is 6.08 Å². The highest BCUT2D eigenvalue weighted by Crippen LogP contribution is 2.33. The average molecular weight is 261 g/mol. The zero-order valence-electron chi connectivity index (χ0n) is 11.3. The van der Waals surface area contributed by atoms with Crippen molar-refractivity contribution in [2.75, 3.05) is 7.11 Å². The Hall–Kier alpha value is -1.35. The summed E-state index contributed by atoms with van der Waals surface area (Å²) in [7, 11) is 1.66. The number of methoxy groups -OCH3 is 1. The lowest BCUT2D eigenvalue weighted by Crippen LogP contribution is -2.08. The van der Waals surface area contributed by atoms with Crippen LogP contribution in [0.3, 0.4) is 0 Å². The van der Waals surface area contributed by atoms with Crippen molar-refractivity contribution in [2.24, 2.45) is 10.4 Å². The number of ether oxygens (including phenoxy) is 1. The third-order valence-corrected chi connectivity index (χ3v) is 3.86. The molecule has 2 heterocycles. The second kappa shape index (κ2) is 5.11. The molecule has 1 atom stereocenters. The number of nitrogens with zero attached hydrogens (tertiary/aromatic N) is 1. The fourth-order valence-electron chi connectivity index (χ4n) is 1.83. The monoisotopic (exact) mass is 261 g/mol. The first-order valence-corrected chi connectivity index (χ1v) is 6.94. The summed E-state index contributed by atoms with van der Waals surface area (Å²) in [4.78, 5) is 5.89. The Labute approximate surface area is 113 Å². The molecule has 1 unspecified atom stereocenters. The Bertz CT molecular complexity index is 489. The molecule has 0 aromatic carbocycles. The molecular weight excluding hydrogens is 242 g/mol. The predicted molar refractivity (Wildman–Crippen MR) is 78.2 cm³/mol. The molecule has 0 saturated carbocycles. The van der Waals surface area contributed by atoms with E-state index in [0.29, 0.717) is 5.90 Å². The smallest absolute Gasteiger partial charge is 0.209 e. The Morgan fingerprint density at radius 3 is 2.61 bits per heavy atom. The van der Waals surface area contributed by atoms with Crippen LogP contribution in [-0.4, -0.2) is 13.0 Å². The summed E-state index contributed by atoms with van der Waals surface area (Å²) in [6.07, 6.45) is 6.29. The van der Waals surface area contributed by atoms with Gasteiger partial charge in [-0.25, -0.2) is 4.99 Å². The number of aliphatic imine (C=N–C) groups is 1. The zero-order valence-corrected chi connectivity index (χ0v) is 12.1. The maximum atomic E-state index is 5.29. The third-order valence-electron chi connectivity index (χ3n) is 2.92. The standard InChI is InChI=1S/C15H19NOS/c1-15(2,3)11-7-8-14(17-4)16-12(10-11)13-6-5-9-18-13/h5-10,12H,1-4H3. The highest BCUT2D eigenvalue weighted by atomic mass is 32.1. The van der Waals surface area contributed by atoms with Crippen molar-refractivity contribution >= 4 is 17.2 Å². The van der Waals surface area contributed by atoms with E-state index in [0.717, 1.165) is 0 Å². The molecule has 0 amide bonds. The van der Waals surface area contributed by atoms with Gasteiger partial charge in [0.1, 0.15) is 6.04 Å². The Balaban J connectivity index is 2.42. The van der Waals surface area contributed by atoms with E-state index in [1.165, 1.54) is 10.5 Å². The van der Waals surface area contributed by atoms with Gasteiger partial charge in [-0.05, 0) is 22.4 Å². The summed E-state index contributed by atoms with van der Waals surface area (Å²) in [6.45, 7) is 6.64. The van der Waals surface area contributed by atoms with Crippen LogP contribution in [0.5, 0.6) is 0 Å². The molecule has 0 radical (unpaired) electrons. The first-order valence-electron chi connectivity index (χ1n) is 6.06. The van der Waals surface area contributed by atoms with Gasteiger partial charge >= 0.3 is 0 Å². The van der Waals surface area contributed by atoms with E-state index in [2.05, 4.69) is 55.4 Å². The van der Waals surface area contributed by atoms with Crippen molar-refractivity contribution in [1.82, 2.24) is 0 Å². The van der Waals surface area contributed by atoms with Crippen LogP contribution in [0.25, 0.3) is 0 Å². The molecule has 2 rings (SSSR count). The lowest BCUT2D eigenvalue weighted by molar-refractivity contribution is 0.403. The number of rotatable bonds is 1. The van der Waals surface area contributed by atoms with Crippen LogP contribution in [0.1, 0.15) is 31.7 Å². The summed E-state index contributed by atoms with van der Waals surface area (Å²) in [5, 5.41) is 2.08. The first kappa shape index (κ1) is 13.1. The molecule has 1 aromatic heterocycles. The highest BCUT2D eigenvalue weighted by molar-refractivity contribution is 7.10. The minimum atomic E-state index is 0.0594. The molecule has 0 bridgehead atoms. The van der Waals surface area contributed by atoms with Gasteiger partial charge in [-0.3, -0.25) is 0 Å². The van der Waals surface area contributed by atoms with Gasteiger partial charge in [0.2, 0.25) is 5.90 Å². The molecule has 1 aliphatic heterocycles. The normalized spacial score (nSPS) is 20.1. The van der Waals surface area contributed by atoms with Crippen LogP contribution >= 0.6 is 11.3 Å². The van der Waals surface area contributed by atoms with Crippen molar-refractivity contribution in [2.45, 2.75) is 26.8 Å². The van der Waals surface area contributed by atoms with Gasteiger partial charge in [-0.2, -0.15) is 0 Å². The van der Waals surface area contributed by atoms with Crippen molar-refractivity contribution in [1.29, 1.82) is 0 Å². The summed E-state index contributed by atoms with van der Waals surface area (Å²) in [5.74, 6) is 0.684. The Morgan fingerprint density at radius 1 is 1.28 bits per heavy atom. The van der Waals surface area contributed by atoms with E-state index in [-0.39, 0.29) is 11.5 Å². The van der Waals surface area contributed by atoms with Crippen molar-refractivity contribution < 1.29 is 4.74 Å². The molecule has 0 saturated heterocycles. The first-order chi connectivity index (χ1) is 8.50. The lowest BCUT2D eigenvalue weighted by atomic mass is 9.85. The van der Waals surface area contributed by atoms with Gasteiger partial charge in [-0.1, -0.05) is 39.0 Å². The van der Waals surface area contributed by atoms with E-state index < -0.39 is 0 Å². The van der Waals surface area contributed by atoms with Crippen LogP contribution in [0, 0.1) is 5.41 Å². The Morgan fingerprint density at radius 2 is 2.06 bits per heavy atom. The molecule has 0 aliphatic carbocycles. The maximum absolute atomic E-state index is 5.29. The molecule has 3 heteroatoms. The summed E-state index contributed by atoms with van der Waals surface area (Å²) >= 11 is 1.73. The van der Waals surface area contributed by atoms with Crippen LogP contribution in [0.4, 0.5) is 0 Å². The highest BCUT2D eigenvalue weighted by Gasteiger charge is 2.20. The molecule has 0 spiro atoms. The SMILES string of the molecule is COC1=NC(c2cccs2)C=C(C(C)(C)C)C=C1. The van der Waals surface area contributed by atoms with Gasteiger partial charge < -0.3 is 4.74 Å². The maximum Gasteiger partial charge on any atom is 0.209 e. The fraction of sp³-hybridized carbons (Fsp3) is 0.400. The molecule has 96 valence electrons. The second-order valence-electron chi connectivity index (χ2n) is 5.34. The van der Waals surface area contributed by atoms with E-state index >= 15 is 0 Å². The van der Waals surface area contributed by atoms with E-state index in [9.17, 15) is 0 Å². The molecular formula is C15H19NOS. The fourth-order valence-corrected chi connectivity index (χ4v) is 2.56. The van der Waals surface area contributed by atoms with Crippen LogP contribution in [0.15, 0.2) is 46.3 Å². The molecule has 0 N–H and O–H groups in total. The van der Waals surface area contributed by atoms with Gasteiger partial charge in [0.25, 0.3) is 0 Å². The summed E-state index contributed by atoms with van der Waals surface area (Å²) in [6, 6.07) is 4.24. The molecule has 1 aliphatic rings. The van der Waals surface area contributed by atoms with Crippen molar-refractivity contribution in [3.63, 3.8) is 0 Å². The van der Waals surface area contributed by atoms with Gasteiger partial charge in [0.05, 0.1) is 7.11 Å². The van der Waals surface area contributed by atoms with Crippen molar-refractivity contribution in [3.05, 3.63) is 46.2 Å². The van der Waals surface area contributed by atoms with Gasteiger partial charge in [0, 0.05) is 11.0 Å².